The molecule has 0 aliphatic rings. The van der Waals surface area contributed by atoms with Gasteiger partial charge in [0.2, 0.25) is 0 Å². The summed E-state index contributed by atoms with van der Waals surface area (Å²) in [6, 6.07) is 0. The van der Waals surface area contributed by atoms with Crippen LogP contribution in [0.25, 0.3) is 0 Å². The van der Waals surface area contributed by atoms with Crippen LogP contribution in [0.4, 0.5) is 0 Å². The maximum Gasteiger partial charge on any atom is 0.329 e. The van der Waals surface area contributed by atoms with Gasteiger partial charge in [-0.05, 0) is 6.92 Å². The largest absolute Gasteiger partial charge is 0.480 e. The van der Waals surface area contributed by atoms with Crippen molar-refractivity contribution in [2.75, 3.05) is 39.6 Å². The predicted molar refractivity (Wildman–Crippen MR) is 45.4 cm³/mol. The summed E-state index contributed by atoms with van der Waals surface area (Å²) in [5.41, 5.74) is 0. The molecule has 0 aromatic carbocycles. The van der Waals surface area contributed by atoms with Gasteiger partial charge in [0.05, 0.1) is 26.4 Å². The van der Waals surface area contributed by atoms with Crippen LogP contribution in [0.1, 0.15) is 0 Å². The Morgan fingerprint density at radius 2 is 1.62 bits per heavy atom. The first-order chi connectivity index (χ1) is 6.27. The minimum Gasteiger partial charge on any atom is -0.480 e. The lowest BCUT2D eigenvalue weighted by Crippen LogP contribution is -2.13. The topological polar surface area (TPSA) is 65.0 Å². The molecule has 0 unspecified atom stereocenters. The van der Waals surface area contributed by atoms with E-state index in [-0.39, 0.29) is 13.2 Å². The Kier molecular flexibility index (Phi) is 8.97. The van der Waals surface area contributed by atoms with Crippen molar-refractivity contribution in [1.82, 2.24) is 0 Å². The zero-order valence-electron chi connectivity index (χ0n) is 7.53. The SMILES string of the molecule is [CH2]COCCOCCOCC(=O)O. The van der Waals surface area contributed by atoms with Crippen LogP contribution in [0.5, 0.6) is 0 Å². The first kappa shape index (κ1) is 12.3. The molecule has 5 heteroatoms. The van der Waals surface area contributed by atoms with E-state index in [9.17, 15) is 4.79 Å². The first-order valence-corrected chi connectivity index (χ1v) is 4.01. The quantitative estimate of drug-likeness (QED) is 0.518. The van der Waals surface area contributed by atoms with E-state index in [1.165, 1.54) is 0 Å². The molecule has 1 N–H and O–H groups in total. The molecule has 0 heterocycles. The Hall–Kier alpha value is -0.650. The first-order valence-electron chi connectivity index (χ1n) is 4.01. The average Bonchev–Trinajstić information content (AvgIpc) is 2.09. The average molecular weight is 191 g/mol. The minimum absolute atomic E-state index is 0.279. The van der Waals surface area contributed by atoms with Crippen molar-refractivity contribution in [3.63, 3.8) is 0 Å². The molecule has 0 aromatic rings. The van der Waals surface area contributed by atoms with Crippen molar-refractivity contribution in [3.8, 4) is 0 Å². The van der Waals surface area contributed by atoms with E-state index in [0.717, 1.165) is 0 Å². The summed E-state index contributed by atoms with van der Waals surface area (Å²) < 4.78 is 14.7. The molecule has 13 heavy (non-hydrogen) atoms. The van der Waals surface area contributed by atoms with Crippen LogP contribution >= 0.6 is 0 Å². The summed E-state index contributed by atoms with van der Waals surface area (Å²) in [5, 5.41) is 8.19. The van der Waals surface area contributed by atoms with Crippen LogP contribution in [0.15, 0.2) is 0 Å². The van der Waals surface area contributed by atoms with E-state index in [1.807, 2.05) is 0 Å². The van der Waals surface area contributed by atoms with Crippen molar-refractivity contribution < 1.29 is 24.1 Å². The van der Waals surface area contributed by atoms with Crippen molar-refractivity contribution >= 4 is 5.97 Å². The molecule has 0 aliphatic heterocycles. The van der Waals surface area contributed by atoms with Gasteiger partial charge in [-0.3, -0.25) is 0 Å². The van der Waals surface area contributed by atoms with Gasteiger partial charge >= 0.3 is 5.97 Å². The third kappa shape index (κ3) is 11.3. The molecule has 0 bridgehead atoms. The number of rotatable bonds is 9. The molecule has 0 rings (SSSR count). The minimum atomic E-state index is -0.972. The number of carboxylic acids is 1. The Morgan fingerprint density at radius 1 is 1.08 bits per heavy atom. The summed E-state index contributed by atoms with van der Waals surface area (Å²) >= 11 is 0. The Bertz CT molecular complexity index is 126. The number of ether oxygens (including phenoxy) is 3. The van der Waals surface area contributed by atoms with Gasteiger partial charge in [0.15, 0.2) is 0 Å². The van der Waals surface area contributed by atoms with Gasteiger partial charge in [0.25, 0.3) is 0 Å². The van der Waals surface area contributed by atoms with Crippen LogP contribution in [-0.2, 0) is 19.0 Å². The van der Waals surface area contributed by atoms with Gasteiger partial charge < -0.3 is 19.3 Å². The van der Waals surface area contributed by atoms with Crippen molar-refractivity contribution in [2.45, 2.75) is 0 Å². The van der Waals surface area contributed by atoms with Crippen molar-refractivity contribution in [1.29, 1.82) is 0 Å². The van der Waals surface area contributed by atoms with E-state index in [2.05, 4.69) is 6.92 Å². The third-order valence-electron chi connectivity index (χ3n) is 1.11. The number of hydrogen-bond donors (Lipinski definition) is 1. The maximum absolute atomic E-state index is 9.98. The molecular weight excluding hydrogens is 176 g/mol. The molecule has 0 saturated heterocycles. The molecule has 77 valence electrons. The highest BCUT2D eigenvalue weighted by atomic mass is 16.5. The van der Waals surface area contributed by atoms with E-state index < -0.39 is 5.97 Å². The molecule has 0 aliphatic carbocycles. The fourth-order valence-electron chi connectivity index (χ4n) is 0.599. The second kappa shape index (κ2) is 9.44. The van der Waals surface area contributed by atoms with Crippen LogP contribution in [-0.4, -0.2) is 50.7 Å². The molecule has 0 spiro atoms. The highest BCUT2D eigenvalue weighted by Gasteiger charge is 1.95. The molecule has 0 fully saturated rings. The molecule has 0 atom stereocenters. The summed E-state index contributed by atoms with van der Waals surface area (Å²) in [6.45, 7) is 5.29. The second-order valence-corrected chi connectivity index (χ2v) is 2.17. The second-order valence-electron chi connectivity index (χ2n) is 2.17. The zero-order valence-corrected chi connectivity index (χ0v) is 7.53. The normalized spacial score (nSPS) is 10.2. The summed E-state index contributed by atoms with van der Waals surface area (Å²) in [5.74, 6) is -0.972. The van der Waals surface area contributed by atoms with Crippen LogP contribution in [0.3, 0.4) is 0 Å². The van der Waals surface area contributed by atoms with Gasteiger partial charge in [-0.2, -0.15) is 0 Å². The molecule has 1 radical (unpaired) electrons. The Morgan fingerprint density at radius 3 is 2.15 bits per heavy atom. The molecule has 0 aromatic heterocycles. The van der Waals surface area contributed by atoms with Gasteiger partial charge in [0, 0.05) is 6.61 Å². The standard InChI is InChI=1S/C8H15O5/c1-2-11-3-4-12-5-6-13-7-8(9)10/h1-7H2,(H,9,10). The highest BCUT2D eigenvalue weighted by Crippen LogP contribution is 1.80. The van der Waals surface area contributed by atoms with Gasteiger partial charge in [-0.25, -0.2) is 4.79 Å². The Balaban J connectivity index is 2.87. The van der Waals surface area contributed by atoms with Crippen LogP contribution in [0.2, 0.25) is 0 Å². The molecule has 0 saturated carbocycles. The van der Waals surface area contributed by atoms with Gasteiger partial charge in [-0.1, -0.05) is 0 Å². The predicted octanol–water partition coefficient (Wildman–Crippen LogP) is -0.0451. The highest BCUT2D eigenvalue weighted by molar-refractivity contribution is 5.67. The summed E-state index contributed by atoms with van der Waals surface area (Å²) in [4.78, 5) is 9.98. The lowest BCUT2D eigenvalue weighted by Gasteiger charge is -2.03. The fourth-order valence-corrected chi connectivity index (χ4v) is 0.599. The van der Waals surface area contributed by atoms with E-state index in [1.54, 1.807) is 0 Å². The number of carbonyl (C=O) groups is 1. The van der Waals surface area contributed by atoms with Crippen LogP contribution in [0, 0.1) is 6.92 Å². The van der Waals surface area contributed by atoms with Crippen molar-refractivity contribution in [3.05, 3.63) is 6.92 Å². The van der Waals surface area contributed by atoms with E-state index >= 15 is 0 Å². The monoisotopic (exact) mass is 191 g/mol. The number of carboxylic acid groups (broad SMARTS) is 1. The smallest absolute Gasteiger partial charge is 0.329 e. The third-order valence-corrected chi connectivity index (χ3v) is 1.11. The van der Waals surface area contributed by atoms with Crippen molar-refractivity contribution in [2.24, 2.45) is 0 Å². The summed E-state index contributed by atoms with van der Waals surface area (Å²) in [7, 11) is 0. The lowest BCUT2D eigenvalue weighted by atomic mass is 10.7. The lowest BCUT2D eigenvalue weighted by molar-refractivity contribution is -0.142. The zero-order chi connectivity index (χ0) is 9.94. The van der Waals surface area contributed by atoms with Gasteiger partial charge in [0.1, 0.15) is 6.61 Å². The van der Waals surface area contributed by atoms with Gasteiger partial charge in [-0.15, -0.1) is 0 Å². The number of hydrogen-bond acceptors (Lipinski definition) is 4. The van der Waals surface area contributed by atoms with E-state index in [0.29, 0.717) is 26.4 Å². The Labute approximate surface area is 77.6 Å². The maximum atomic E-state index is 9.98. The summed E-state index contributed by atoms with van der Waals surface area (Å²) in [6.07, 6.45) is 0. The number of aliphatic carboxylic acids is 1. The molecular formula is C8H15O5. The van der Waals surface area contributed by atoms with E-state index in [4.69, 9.17) is 19.3 Å². The molecule has 0 amide bonds. The van der Waals surface area contributed by atoms with Crippen LogP contribution < -0.4 is 0 Å². The fraction of sp³-hybridized carbons (Fsp3) is 0.750. The molecule has 5 nitrogen and oxygen atoms in total.